The zero-order chi connectivity index (χ0) is 23.9. The fourth-order valence-corrected chi connectivity index (χ4v) is 4.07. The maximum absolute atomic E-state index is 13.2. The first-order valence-corrected chi connectivity index (χ1v) is 11.1. The number of aliphatic hydroxyl groups is 1. The van der Waals surface area contributed by atoms with Crippen molar-refractivity contribution >= 4 is 11.8 Å². The predicted molar refractivity (Wildman–Crippen MR) is 126 cm³/mol. The maximum atomic E-state index is 13.2. The summed E-state index contributed by atoms with van der Waals surface area (Å²) in [6.07, 6.45) is 3.27. The number of aromatic nitrogens is 2. The second kappa shape index (κ2) is 11.0. The van der Waals surface area contributed by atoms with E-state index in [4.69, 9.17) is 9.47 Å². The summed E-state index contributed by atoms with van der Waals surface area (Å²) in [6.45, 7) is 1.17. The van der Waals surface area contributed by atoms with Gasteiger partial charge >= 0.3 is 0 Å². The molecule has 3 N–H and O–H groups in total. The number of benzene rings is 2. The molecule has 0 spiro atoms. The van der Waals surface area contributed by atoms with Crippen molar-refractivity contribution in [2.45, 2.75) is 18.6 Å². The number of aliphatic hydroxyl groups excluding tert-OH is 1. The average molecular weight is 465 g/mol. The summed E-state index contributed by atoms with van der Waals surface area (Å²) in [4.78, 5) is 27.0. The van der Waals surface area contributed by atoms with E-state index in [1.54, 1.807) is 48.7 Å². The summed E-state index contributed by atoms with van der Waals surface area (Å²) in [7, 11) is 1.56. The molecule has 0 unspecified atom stereocenters. The third-order valence-corrected chi connectivity index (χ3v) is 5.79. The number of carbonyl (C=O) groups is 2. The van der Waals surface area contributed by atoms with Crippen LogP contribution in [0.5, 0.6) is 5.75 Å². The van der Waals surface area contributed by atoms with Crippen LogP contribution in [-0.4, -0.2) is 77.6 Å². The highest BCUT2D eigenvalue weighted by atomic mass is 16.5. The number of H-pyrrole nitrogens is 1. The van der Waals surface area contributed by atoms with Crippen LogP contribution in [0.25, 0.3) is 11.1 Å². The number of rotatable bonds is 9. The van der Waals surface area contributed by atoms with Crippen LogP contribution in [0, 0.1) is 0 Å². The number of likely N-dealkylation sites (tertiary alicyclic amines) is 1. The van der Waals surface area contributed by atoms with Crippen molar-refractivity contribution in [1.82, 2.24) is 20.4 Å². The summed E-state index contributed by atoms with van der Waals surface area (Å²) in [5.41, 5.74) is 2.75. The summed E-state index contributed by atoms with van der Waals surface area (Å²) in [5, 5.41) is 19.7. The summed E-state index contributed by atoms with van der Waals surface area (Å²) in [6, 6.07) is 14.0. The normalized spacial score (nSPS) is 17.5. The molecule has 1 aliphatic rings. The number of amides is 2. The molecule has 178 valence electrons. The lowest BCUT2D eigenvalue weighted by Gasteiger charge is -2.25. The first kappa shape index (κ1) is 23.5. The molecule has 2 atom stereocenters. The molecule has 2 heterocycles. The van der Waals surface area contributed by atoms with Crippen molar-refractivity contribution in [2.75, 3.05) is 33.4 Å². The number of hydrogen-bond donors (Lipinski definition) is 3. The van der Waals surface area contributed by atoms with E-state index < -0.39 is 6.10 Å². The molecule has 1 fully saturated rings. The summed E-state index contributed by atoms with van der Waals surface area (Å²) in [5.74, 6) is 0.207. The van der Waals surface area contributed by atoms with Gasteiger partial charge in [-0.2, -0.15) is 5.10 Å². The quantitative estimate of drug-likeness (QED) is 0.418. The third-order valence-electron chi connectivity index (χ3n) is 5.79. The molecule has 1 aromatic heterocycles. The van der Waals surface area contributed by atoms with E-state index in [0.29, 0.717) is 36.4 Å². The van der Waals surface area contributed by atoms with Crippen LogP contribution in [0.2, 0.25) is 0 Å². The SMILES string of the molecule is COc1cc(C(=O)N2C[C@H](O)C[C@@H]2COCCNC(=O)c2ccccc2)ccc1-c1cn[nH]c1. The second-order valence-corrected chi connectivity index (χ2v) is 8.10. The van der Waals surface area contributed by atoms with Gasteiger partial charge < -0.3 is 24.8 Å². The number of methoxy groups -OCH3 is 1. The minimum Gasteiger partial charge on any atom is -0.496 e. The van der Waals surface area contributed by atoms with Crippen LogP contribution in [0.1, 0.15) is 27.1 Å². The van der Waals surface area contributed by atoms with Crippen LogP contribution in [0.15, 0.2) is 60.9 Å². The molecule has 2 aromatic carbocycles. The number of nitrogens with zero attached hydrogens (tertiary/aromatic N) is 2. The molecule has 1 aliphatic heterocycles. The molecule has 1 saturated heterocycles. The van der Waals surface area contributed by atoms with Crippen molar-refractivity contribution in [3.63, 3.8) is 0 Å². The molecule has 4 rings (SSSR count). The average Bonchev–Trinajstić information content (AvgIpc) is 3.53. The highest BCUT2D eigenvalue weighted by Gasteiger charge is 2.35. The Morgan fingerprint density at radius 3 is 2.76 bits per heavy atom. The lowest BCUT2D eigenvalue weighted by Crippen LogP contribution is -2.39. The molecule has 9 heteroatoms. The van der Waals surface area contributed by atoms with Crippen LogP contribution in [0.4, 0.5) is 0 Å². The molecule has 9 nitrogen and oxygen atoms in total. The number of carbonyl (C=O) groups excluding carboxylic acids is 2. The minimum absolute atomic E-state index is 0.162. The molecular formula is C25H28N4O5. The maximum Gasteiger partial charge on any atom is 0.254 e. The Bertz CT molecular complexity index is 1100. The van der Waals surface area contributed by atoms with Gasteiger partial charge in [-0.3, -0.25) is 14.7 Å². The number of aromatic amines is 1. The Morgan fingerprint density at radius 1 is 1.21 bits per heavy atom. The summed E-state index contributed by atoms with van der Waals surface area (Å²) >= 11 is 0. The van der Waals surface area contributed by atoms with E-state index in [1.807, 2.05) is 24.3 Å². The van der Waals surface area contributed by atoms with Gasteiger partial charge in [-0.15, -0.1) is 0 Å². The van der Waals surface area contributed by atoms with Gasteiger partial charge in [0.2, 0.25) is 0 Å². The van der Waals surface area contributed by atoms with Gasteiger partial charge in [0.15, 0.2) is 0 Å². The van der Waals surface area contributed by atoms with E-state index >= 15 is 0 Å². The molecular weight excluding hydrogens is 436 g/mol. The van der Waals surface area contributed by atoms with Crippen LogP contribution in [0.3, 0.4) is 0 Å². The van der Waals surface area contributed by atoms with E-state index in [1.165, 1.54) is 0 Å². The first-order valence-electron chi connectivity index (χ1n) is 11.1. The molecule has 34 heavy (non-hydrogen) atoms. The van der Waals surface area contributed by atoms with Gasteiger partial charge in [-0.25, -0.2) is 0 Å². The van der Waals surface area contributed by atoms with E-state index in [2.05, 4.69) is 15.5 Å². The largest absolute Gasteiger partial charge is 0.496 e. The lowest BCUT2D eigenvalue weighted by atomic mass is 10.0. The van der Waals surface area contributed by atoms with E-state index in [9.17, 15) is 14.7 Å². The van der Waals surface area contributed by atoms with Crippen molar-refractivity contribution in [3.05, 3.63) is 72.1 Å². The number of β-amino-alcohol motifs (C(OH)–C–C–N with tert-alkyl or cyclic N) is 1. The Kier molecular flexibility index (Phi) is 7.56. The van der Waals surface area contributed by atoms with Gasteiger partial charge in [0.25, 0.3) is 11.8 Å². The first-order chi connectivity index (χ1) is 16.6. The van der Waals surface area contributed by atoms with Crippen LogP contribution < -0.4 is 10.1 Å². The van der Waals surface area contributed by atoms with Gasteiger partial charge in [-0.05, 0) is 36.8 Å². The smallest absolute Gasteiger partial charge is 0.254 e. The van der Waals surface area contributed by atoms with Crippen molar-refractivity contribution < 1.29 is 24.2 Å². The number of hydrogen-bond acceptors (Lipinski definition) is 6. The topological polar surface area (TPSA) is 117 Å². The predicted octanol–water partition coefficient (Wildman–Crippen LogP) is 2.11. The Labute approximate surface area is 197 Å². The molecule has 2 amide bonds. The highest BCUT2D eigenvalue weighted by molar-refractivity contribution is 5.96. The fourth-order valence-electron chi connectivity index (χ4n) is 4.07. The zero-order valence-electron chi connectivity index (χ0n) is 18.9. The third kappa shape index (κ3) is 5.44. The Balaban J connectivity index is 1.33. The van der Waals surface area contributed by atoms with Gasteiger partial charge in [-0.1, -0.05) is 18.2 Å². The molecule has 0 bridgehead atoms. The van der Waals surface area contributed by atoms with Crippen molar-refractivity contribution in [3.8, 4) is 16.9 Å². The van der Waals surface area contributed by atoms with E-state index in [-0.39, 0.29) is 31.0 Å². The number of nitrogens with one attached hydrogen (secondary N) is 2. The van der Waals surface area contributed by atoms with Crippen LogP contribution >= 0.6 is 0 Å². The van der Waals surface area contributed by atoms with Gasteiger partial charge in [0.1, 0.15) is 5.75 Å². The molecule has 0 aliphatic carbocycles. The standard InChI is InChI=1S/C25H28N4O5/c1-33-23-11-18(7-8-22(23)19-13-27-28-14-19)25(32)29-15-21(30)12-20(29)16-34-10-9-26-24(31)17-5-3-2-4-6-17/h2-8,11,13-14,20-21,30H,9-10,12,15-16H2,1H3,(H,26,31)(H,27,28)/t20-,21-/m1/s1. The van der Waals surface area contributed by atoms with Gasteiger partial charge in [0, 0.05) is 41.5 Å². The van der Waals surface area contributed by atoms with Crippen molar-refractivity contribution in [1.29, 1.82) is 0 Å². The fraction of sp³-hybridized carbons (Fsp3) is 0.320. The second-order valence-electron chi connectivity index (χ2n) is 8.10. The van der Waals surface area contributed by atoms with Crippen LogP contribution in [-0.2, 0) is 4.74 Å². The lowest BCUT2D eigenvalue weighted by molar-refractivity contribution is 0.0539. The zero-order valence-corrected chi connectivity index (χ0v) is 18.9. The molecule has 3 aromatic rings. The summed E-state index contributed by atoms with van der Waals surface area (Å²) < 4.78 is 11.2. The Morgan fingerprint density at radius 2 is 2.03 bits per heavy atom. The minimum atomic E-state index is -0.609. The van der Waals surface area contributed by atoms with Crippen molar-refractivity contribution in [2.24, 2.45) is 0 Å². The monoisotopic (exact) mass is 464 g/mol. The number of ether oxygens (including phenoxy) is 2. The molecule has 0 radical (unpaired) electrons. The highest BCUT2D eigenvalue weighted by Crippen LogP contribution is 2.31. The van der Waals surface area contributed by atoms with E-state index in [0.717, 1.165) is 11.1 Å². The van der Waals surface area contributed by atoms with Gasteiger partial charge in [0.05, 0.1) is 38.7 Å². The molecule has 0 saturated carbocycles. The Hall–Kier alpha value is -3.69.